The molecular weight excluding hydrogens is 244 g/mol. The Morgan fingerprint density at radius 2 is 1.85 bits per heavy atom. The highest BCUT2D eigenvalue weighted by Crippen LogP contribution is 2.27. The average Bonchev–Trinajstić information content (AvgIpc) is 2.37. The fourth-order valence-corrected chi connectivity index (χ4v) is 2.77. The average molecular weight is 274 g/mol. The van der Waals surface area contributed by atoms with E-state index in [1.54, 1.807) is 0 Å². The zero-order valence-corrected chi connectivity index (χ0v) is 13.8. The highest BCUT2D eigenvalue weighted by atomic mass is 15.1. The van der Waals surface area contributed by atoms with Gasteiger partial charge in [-0.2, -0.15) is 0 Å². The van der Waals surface area contributed by atoms with E-state index in [0.717, 1.165) is 12.5 Å². The molecule has 0 radical (unpaired) electrons. The molecule has 0 saturated carbocycles. The predicted molar refractivity (Wildman–Crippen MR) is 88.4 cm³/mol. The summed E-state index contributed by atoms with van der Waals surface area (Å²) in [5.41, 5.74) is 4.39. The molecule has 1 saturated heterocycles. The van der Waals surface area contributed by atoms with Crippen LogP contribution in [0.2, 0.25) is 0 Å². The lowest BCUT2D eigenvalue weighted by atomic mass is 9.97. The molecule has 112 valence electrons. The van der Waals surface area contributed by atoms with Crippen molar-refractivity contribution in [3.05, 3.63) is 29.3 Å². The quantitative estimate of drug-likeness (QED) is 0.892. The highest BCUT2D eigenvalue weighted by molar-refractivity contribution is 5.55. The summed E-state index contributed by atoms with van der Waals surface area (Å²) in [4.78, 5) is 2.57. The van der Waals surface area contributed by atoms with Crippen molar-refractivity contribution in [2.24, 2.45) is 5.92 Å². The lowest BCUT2D eigenvalue weighted by molar-refractivity contribution is 0.420. The van der Waals surface area contributed by atoms with Crippen LogP contribution in [0.5, 0.6) is 0 Å². The van der Waals surface area contributed by atoms with Gasteiger partial charge in [-0.15, -0.1) is 0 Å². The second-order valence-corrected chi connectivity index (χ2v) is 7.41. The molecule has 20 heavy (non-hydrogen) atoms. The third-order valence-electron chi connectivity index (χ3n) is 4.17. The Morgan fingerprint density at radius 1 is 1.20 bits per heavy atom. The molecule has 2 heteroatoms. The van der Waals surface area contributed by atoms with Gasteiger partial charge in [0.1, 0.15) is 0 Å². The van der Waals surface area contributed by atoms with Crippen LogP contribution in [-0.4, -0.2) is 18.6 Å². The fraction of sp³-hybridized carbons (Fsp3) is 0.667. The number of nitrogens with zero attached hydrogens (tertiary/aromatic N) is 1. The van der Waals surface area contributed by atoms with Gasteiger partial charge in [-0.05, 0) is 58.1 Å². The van der Waals surface area contributed by atoms with Crippen LogP contribution in [0.4, 0.5) is 5.69 Å². The van der Waals surface area contributed by atoms with Crippen molar-refractivity contribution in [2.75, 3.05) is 18.0 Å². The molecule has 2 nitrogen and oxygen atoms in total. The molecule has 1 aliphatic heterocycles. The highest BCUT2D eigenvalue weighted by Gasteiger charge is 2.19. The van der Waals surface area contributed by atoms with Crippen molar-refractivity contribution < 1.29 is 0 Å². The summed E-state index contributed by atoms with van der Waals surface area (Å²) in [7, 11) is 0. The van der Waals surface area contributed by atoms with E-state index in [-0.39, 0.29) is 5.54 Å². The Balaban J connectivity index is 2.15. The zero-order chi connectivity index (χ0) is 14.8. The predicted octanol–water partition coefficient (Wildman–Crippen LogP) is 4.12. The Kier molecular flexibility index (Phi) is 4.74. The van der Waals surface area contributed by atoms with Crippen LogP contribution >= 0.6 is 0 Å². The van der Waals surface area contributed by atoms with Crippen LogP contribution in [0.25, 0.3) is 0 Å². The minimum absolute atomic E-state index is 0.164. The summed E-state index contributed by atoms with van der Waals surface area (Å²) in [6.07, 6.45) is 2.64. The van der Waals surface area contributed by atoms with Crippen molar-refractivity contribution in [3.8, 4) is 0 Å². The maximum absolute atomic E-state index is 3.63. The number of anilines is 1. The summed E-state index contributed by atoms with van der Waals surface area (Å²) >= 11 is 0. The van der Waals surface area contributed by atoms with E-state index in [1.165, 1.54) is 42.7 Å². The van der Waals surface area contributed by atoms with Gasteiger partial charge in [0.05, 0.1) is 0 Å². The molecule has 0 unspecified atom stereocenters. The number of rotatable bonds is 3. The summed E-state index contributed by atoms with van der Waals surface area (Å²) in [6.45, 7) is 14.6. The molecule has 0 atom stereocenters. The Labute approximate surface area is 124 Å². The third kappa shape index (κ3) is 4.24. The van der Waals surface area contributed by atoms with E-state index in [2.05, 4.69) is 63.0 Å². The second-order valence-electron chi connectivity index (χ2n) is 7.41. The maximum atomic E-state index is 3.63. The largest absolute Gasteiger partial charge is 0.371 e. The number of aryl methyl sites for hydroxylation is 1. The van der Waals surface area contributed by atoms with Crippen LogP contribution in [0.15, 0.2) is 18.2 Å². The number of benzene rings is 1. The maximum Gasteiger partial charge on any atom is 0.0412 e. The molecule has 1 aliphatic rings. The monoisotopic (exact) mass is 274 g/mol. The molecule has 1 fully saturated rings. The van der Waals surface area contributed by atoms with E-state index >= 15 is 0 Å². The number of hydrogen-bond donors (Lipinski definition) is 1. The van der Waals surface area contributed by atoms with E-state index in [4.69, 9.17) is 0 Å². The van der Waals surface area contributed by atoms with Gasteiger partial charge in [0.2, 0.25) is 0 Å². The van der Waals surface area contributed by atoms with Crippen LogP contribution in [0.1, 0.15) is 51.7 Å². The van der Waals surface area contributed by atoms with E-state index in [0.29, 0.717) is 0 Å². The third-order valence-corrected chi connectivity index (χ3v) is 4.17. The van der Waals surface area contributed by atoms with Gasteiger partial charge in [-0.3, -0.25) is 0 Å². The standard InChI is InChI=1S/C18H30N2/c1-14-8-10-20(11-9-14)17-7-6-15(2)12-16(17)13-19-18(3,4)5/h6-7,12,14,19H,8-11,13H2,1-5H3. The number of hydrogen-bond acceptors (Lipinski definition) is 2. The summed E-state index contributed by atoms with van der Waals surface area (Å²) in [6, 6.07) is 6.89. The van der Waals surface area contributed by atoms with Gasteiger partial charge >= 0.3 is 0 Å². The van der Waals surface area contributed by atoms with E-state index in [9.17, 15) is 0 Å². The van der Waals surface area contributed by atoms with Crippen LogP contribution in [-0.2, 0) is 6.54 Å². The van der Waals surface area contributed by atoms with Crippen molar-refractivity contribution in [1.29, 1.82) is 0 Å². The lowest BCUT2D eigenvalue weighted by Crippen LogP contribution is -2.37. The molecule has 0 amide bonds. The van der Waals surface area contributed by atoms with Gasteiger partial charge in [0, 0.05) is 30.9 Å². The first-order chi connectivity index (χ1) is 9.35. The minimum atomic E-state index is 0.164. The smallest absolute Gasteiger partial charge is 0.0412 e. The van der Waals surface area contributed by atoms with Crippen LogP contribution in [0.3, 0.4) is 0 Å². The van der Waals surface area contributed by atoms with Crippen molar-refractivity contribution in [1.82, 2.24) is 5.32 Å². The van der Waals surface area contributed by atoms with Crippen molar-refractivity contribution >= 4 is 5.69 Å². The summed E-state index contributed by atoms with van der Waals surface area (Å²) in [5.74, 6) is 0.882. The molecule has 1 aromatic rings. The SMILES string of the molecule is Cc1ccc(N2CCC(C)CC2)c(CNC(C)(C)C)c1. The number of nitrogens with one attached hydrogen (secondary N) is 1. The molecule has 0 bridgehead atoms. The van der Waals surface area contributed by atoms with E-state index in [1.807, 2.05) is 0 Å². The Bertz CT molecular complexity index is 437. The zero-order valence-electron chi connectivity index (χ0n) is 13.8. The van der Waals surface area contributed by atoms with Gasteiger partial charge in [0.25, 0.3) is 0 Å². The minimum Gasteiger partial charge on any atom is -0.371 e. The normalized spacial score (nSPS) is 17.6. The second kappa shape index (κ2) is 6.17. The summed E-state index contributed by atoms with van der Waals surface area (Å²) < 4.78 is 0. The molecule has 1 N–H and O–H groups in total. The van der Waals surface area contributed by atoms with Crippen molar-refractivity contribution in [2.45, 2.75) is 59.5 Å². The Hall–Kier alpha value is -1.02. The number of piperidine rings is 1. The van der Waals surface area contributed by atoms with Gasteiger partial charge < -0.3 is 10.2 Å². The molecule has 1 aromatic carbocycles. The van der Waals surface area contributed by atoms with E-state index < -0.39 is 0 Å². The summed E-state index contributed by atoms with van der Waals surface area (Å²) in [5, 5.41) is 3.63. The molecule has 0 spiro atoms. The van der Waals surface area contributed by atoms with Crippen molar-refractivity contribution in [3.63, 3.8) is 0 Å². The van der Waals surface area contributed by atoms with Gasteiger partial charge in [-0.1, -0.05) is 24.6 Å². The topological polar surface area (TPSA) is 15.3 Å². The fourth-order valence-electron chi connectivity index (χ4n) is 2.77. The van der Waals surface area contributed by atoms with Crippen LogP contribution in [0, 0.1) is 12.8 Å². The lowest BCUT2D eigenvalue weighted by Gasteiger charge is -2.34. The molecule has 0 aromatic heterocycles. The van der Waals surface area contributed by atoms with Crippen LogP contribution < -0.4 is 10.2 Å². The molecule has 2 rings (SSSR count). The first-order valence-corrected chi connectivity index (χ1v) is 7.95. The molecular formula is C18H30N2. The first kappa shape index (κ1) is 15.4. The van der Waals surface area contributed by atoms with Gasteiger partial charge in [-0.25, -0.2) is 0 Å². The molecule has 0 aliphatic carbocycles. The van der Waals surface area contributed by atoms with Gasteiger partial charge in [0.15, 0.2) is 0 Å². The first-order valence-electron chi connectivity index (χ1n) is 7.95. The Morgan fingerprint density at radius 3 is 2.45 bits per heavy atom. The molecule has 1 heterocycles.